The van der Waals surface area contributed by atoms with Gasteiger partial charge < -0.3 is 20.7 Å². The van der Waals surface area contributed by atoms with E-state index in [4.69, 9.17) is 15.7 Å². The van der Waals surface area contributed by atoms with Crippen LogP contribution in [-0.4, -0.2) is 39.4 Å². The van der Waals surface area contributed by atoms with Crippen LogP contribution in [0.4, 0.5) is 11.8 Å². The highest BCUT2D eigenvalue weighted by Gasteiger charge is 2.42. The first-order chi connectivity index (χ1) is 17.5. The van der Waals surface area contributed by atoms with E-state index >= 15 is 0 Å². The molecule has 2 atom stereocenters. The molecule has 8 heteroatoms. The van der Waals surface area contributed by atoms with Gasteiger partial charge in [-0.05, 0) is 79.6 Å². The molecule has 2 aliphatic heterocycles. The number of fused-ring (bicyclic) bond motifs is 2. The smallest absolute Gasteiger partial charge is 0.246 e. The highest BCUT2D eigenvalue weighted by molar-refractivity contribution is 5.87. The number of rotatable bonds is 7. The maximum atomic E-state index is 12.2. The number of hydrogen-bond donors (Lipinski definition) is 2. The molecule has 1 aromatic heterocycles. The number of nitriles is 1. The van der Waals surface area contributed by atoms with Crippen LogP contribution in [0.25, 0.3) is 11.1 Å². The Hall–Kier alpha value is -4.38. The maximum Gasteiger partial charge on any atom is 0.246 e. The Labute approximate surface area is 210 Å². The third-order valence-electron chi connectivity index (χ3n) is 7.01. The summed E-state index contributed by atoms with van der Waals surface area (Å²) in [6, 6.07) is 17.2. The molecule has 2 bridgehead atoms. The number of piperidine rings is 1. The van der Waals surface area contributed by atoms with Gasteiger partial charge in [-0.1, -0.05) is 18.7 Å². The molecule has 2 aromatic carbocycles. The predicted octanol–water partition coefficient (Wildman–Crippen LogP) is 4.76. The average molecular weight is 481 g/mol. The predicted molar refractivity (Wildman–Crippen MR) is 138 cm³/mol. The van der Waals surface area contributed by atoms with Crippen LogP contribution < -0.4 is 15.8 Å². The number of ether oxygens (including phenoxy) is 1. The molecule has 1 amide bonds. The van der Waals surface area contributed by atoms with Crippen LogP contribution in [0.1, 0.15) is 31.2 Å². The molecule has 36 heavy (non-hydrogen) atoms. The van der Waals surface area contributed by atoms with E-state index < -0.39 is 0 Å². The number of benzene rings is 2. The first-order valence-electron chi connectivity index (χ1n) is 12.1. The normalized spacial score (nSPS) is 20.4. The van der Waals surface area contributed by atoms with Crippen LogP contribution >= 0.6 is 0 Å². The number of carbonyl (C=O) groups excluding carboxylic acids is 1. The van der Waals surface area contributed by atoms with Crippen molar-refractivity contribution in [1.29, 1.82) is 5.26 Å². The first-order valence-corrected chi connectivity index (χ1v) is 12.1. The van der Waals surface area contributed by atoms with Gasteiger partial charge in [0, 0.05) is 30.4 Å². The third kappa shape index (κ3) is 4.86. The Morgan fingerprint density at radius 3 is 2.36 bits per heavy atom. The van der Waals surface area contributed by atoms with Crippen molar-refractivity contribution in [1.82, 2.24) is 14.9 Å². The Morgan fingerprint density at radius 2 is 1.78 bits per heavy atom. The largest absolute Gasteiger partial charge is 0.457 e. The minimum Gasteiger partial charge on any atom is -0.457 e. The Bertz CT molecular complexity index is 1290. The minimum absolute atomic E-state index is 0.0504. The summed E-state index contributed by atoms with van der Waals surface area (Å²) in [5.41, 5.74) is 8.50. The number of nitrogens with two attached hydrogens (primary N) is 1. The number of anilines is 2. The van der Waals surface area contributed by atoms with Crippen molar-refractivity contribution in [2.45, 2.75) is 37.8 Å². The molecule has 3 heterocycles. The van der Waals surface area contributed by atoms with E-state index in [2.05, 4.69) is 27.9 Å². The molecule has 2 aliphatic rings. The van der Waals surface area contributed by atoms with Crippen LogP contribution in [-0.2, 0) is 4.79 Å². The summed E-state index contributed by atoms with van der Waals surface area (Å²) in [4.78, 5) is 23.1. The van der Waals surface area contributed by atoms with Crippen LogP contribution in [0.5, 0.6) is 11.5 Å². The fourth-order valence-electron chi connectivity index (χ4n) is 5.30. The van der Waals surface area contributed by atoms with Gasteiger partial charge in [-0.15, -0.1) is 0 Å². The van der Waals surface area contributed by atoms with E-state index in [0.29, 0.717) is 46.8 Å². The van der Waals surface area contributed by atoms with E-state index in [0.717, 1.165) is 43.4 Å². The molecule has 2 unspecified atom stereocenters. The van der Waals surface area contributed by atoms with Gasteiger partial charge in [0.05, 0.1) is 11.6 Å². The summed E-state index contributed by atoms with van der Waals surface area (Å²) in [7, 11) is 0. The van der Waals surface area contributed by atoms with Crippen molar-refractivity contribution in [3.63, 3.8) is 0 Å². The molecule has 3 N–H and O–H groups in total. The Morgan fingerprint density at radius 1 is 1.14 bits per heavy atom. The summed E-state index contributed by atoms with van der Waals surface area (Å²) in [6.45, 7) is 4.40. The number of nitrogens with one attached hydrogen (secondary N) is 1. The van der Waals surface area contributed by atoms with Gasteiger partial charge in [-0.2, -0.15) is 10.2 Å². The van der Waals surface area contributed by atoms with Crippen molar-refractivity contribution < 1.29 is 9.53 Å². The zero-order valence-electron chi connectivity index (χ0n) is 19.9. The number of aromatic nitrogens is 2. The van der Waals surface area contributed by atoms with Crippen molar-refractivity contribution >= 4 is 17.7 Å². The second-order valence-electron chi connectivity index (χ2n) is 9.31. The highest BCUT2D eigenvalue weighted by Crippen LogP contribution is 2.39. The summed E-state index contributed by atoms with van der Waals surface area (Å²) in [5, 5.41) is 12.3. The van der Waals surface area contributed by atoms with Crippen LogP contribution in [0.15, 0.2) is 67.4 Å². The molecule has 8 nitrogen and oxygen atoms in total. The van der Waals surface area contributed by atoms with Gasteiger partial charge in [-0.3, -0.25) is 4.79 Å². The SMILES string of the molecule is C=CC(=O)N1C2CCC1CC(CNc1ncc(-c3ccc(Oc4ccc(C#N)cc4)cc3)c(N)n1)C2. The molecule has 0 saturated carbocycles. The minimum atomic E-state index is 0.0504. The Balaban J connectivity index is 1.18. The molecular weight excluding hydrogens is 452 g/mol. The summed E-state index contributed by atoms with van der Waals surface area (Å²) < 4.78 is 5.84. The third-order valence-corrected chi connectivity index (χ3v) is 7.01. The molecule has 182 valence electrons. The van der Waals surface area contributed by atoms with Crippen molar-refractivity contribution in [3.05, 3.63) is 72.9 Å². The highest BCUT2D eigenvalue weighted by atomic mass is 16.5. The molecule has 3 aromatic rings. The average Bonchev–Trinajstić information content (AvgIpc) is 3.17. The quantitative estimate of drug-likeness (QED) is 0.468. The molecule has 2 saturated heterocycles. The lowest BCUT2D eigenvalue weighted by Crippen LogP contribution is -2.46. The summed E-state index contributed by atoms with van der Waals surface area (Å²) in [5.74, 6) is 2.76. The fourth-order valence-corrected chi connectivity index (χ4v) is 5.30. The lowest BCUT2D eigenvalue weighted by atomic mass is 9.90. The Kier molecular flexibility index (Phi) is 6.54. The number of amides is 1. The van der Waals surface area contributed by atoms with Crippen molar-refractivity contribution in [2.24, 2.45) is 5.92 Å². The van der Waals surface area contributed by atoms with E-state index in [1.54, 1.807) is 30.5 Å². The standard InChI is InChI=1S/C28H28N6O2/c1-2-26(35)34-21-7-8-22(34)14-19(13-21)16-31-28-32-17-25(27(30)33-28)20-5-11-24(12-6-20)36-23-9-3-18(15-29)4-10-23/h2-6,9-12,17,19,21-22H,1,7-8,13-14,16H2,(H3,30,31,32,33). The van der Waals surface area contributed by atoms with Gasteiger partial charge in [0.15, 0.2) is 0 Å². The number of nitrogens with zero attached hydrogens (tertiary/aromatic N) is 4. The van der Waals surface area contributed by atoms with Gasteiger partial charge >= 0.3 is 0 Å². The van der Waals surface area contributed by atoms with Gasteiger partial charge in [0.2, 0.25) is 11.9 Å². The molecular formula is C28H28N6O2. The molecule has 0 spiro atoms. The lowest BCUT2D eigenvalue weighted by molar-refractivity contribution is -0.130. The second kappa shape index (κ2) is 10.1. The summed E-state index contributed by atoms with van der Waals surface area (Å²) in [6.07, 6.45) is 7.25. The van der Waals surface area contributed by atoms with Crippen molar-refractivity contribution in [2.75, 3.05) is 17.6 Å². The number of carbonyl (C=O) groups is 1. The van der Waals surface area contributed by atoms with Gasteiger partial charge in [0.1, 0.15) is 17.3 Å². The lowest BCUT2D eigenvalue weighted by Gasteiger charge is -2.38. The van der Waals surface area contributed by atoms with Crippen LogP contribution in [0.2, 0.25) is 0 Å². The van der Waals surface area contributed by atoms with E-state index in [1.165, 1.54) is 6.08 Å². The topological polar surface area (TPSA) is 117 Å². The molecule has 0 radical (unpaired) electrons. The van der Waals surface area contributed by atoms with E-state index in [1.807, 2.05) is 29.2 Å². The van der Waals surface area contributed by atoms with E-state index in [-0.39, 0.29) is 5.91 Å². The molecule has 0 aliphatic carbocycles. The second-order valence-corrected chi connectivity index (χ2v) is 9.31. The van der Waals surface area contributed by atoms with Crippen LogP contribution in [0.3, 0.4) is 0 Å². The zero-order chi connectivity index (χ0) is 25.1. The zero-order valence-corrected chi connectivity index (χ0v) is 19.9. The number of hydrogen-bond acceptors (Lipinski definition) is 7. The fraction of sp³-hybridized carbons (Fsp3) is 0.286. The monoisotopic (exact) mass is 480 g/mol. The van der Waals surface area contributed by atoms with Gasteiger partial charge in [-0.25, -0.2) is 4.98 Å². The molecule has 5 rings (SSSR count). The van der Waals surface area contributed by atoms with Gasteiger partial charge in [0.25, 0.3) is 0 Å². The number of nitrogen functional groups attached to an aromatic ring is 1. The van der Waals surface area contributed by atoms with Crippen LogP contribution in [0, 0.1) is 17.2 Å². The van der Waals surface area contributed by atoms with E-state index in [9.17, 15) is 4.79 Å². The summed E-state index contributed by atoms with van der Waals surface area (Å²) >= 11 is 0. The maximum absolute atomic E-state index is 12.2. The first kappa shape index (κ1) is 23.4. The van der Waals surface area contributed by atoms with Crippen molar-refractivity contribution in [3.8, 4) is 28.7 Å². The molecule has 2 fully saturated rings.